The van der Waals surface area contributed by atoms with Crippen molar-refractivity contribution in [2.45, 2.75) is 26.9 Å². The predicted molar refractivity (Wildman–Crippen MR) is 68.9 cm³/mol. The van der Waals surface area contributed by atoms with Crippen molar-refractivity contribution in [3.63, 3.8) is 0 Å². The summed E-state index contributed by atoms with van der Waals surface area (Å²) >= 11 is 5.35. The minimum absolute atomic E-state index is 0.559. The van der Waals surface area contributed by atoms with Crippen LogP contribution in [0.15, 0.2) is 16.8 Å². The molecule has 0 spiro atoms. The van der Waals surface area contributed by atoms with Gasteiger partial charge in [-0.1, -0.05) is 5.16 Å². The Kier molecular flexibility index (Phi) is 2.55. The Hall–Kier alpha value is -1.89. The monoisotopic (exact) mass is 263 g/mol. The van der Waals surface area contributed by atoms with Crippen molar-refractivity contribution in [2.75, 3.05) is 0 Å². The normalized spacial score (nSPS) is 11.4. The predicted octanol–water partition coefficient (Wildman–Crippen LogP) is 2.26. The topological polar surface area (TPSA) is 64.6 Å². The highest BCUT2D eigenvalue weighted by molar-refractivity contribution is 7.71. The van der Waals surface area contributed by atoms with Crippen LogP contribution in [0.1, 0.15) is 18.4 Å². The van der Waals surface area contributed by atoms with Crippen LogP contribution in [0.3, 0.4) is 0 Å². The Morgan fingerprint density at radius 3 is 3.00 bits per heavy atom. The summed E-state index contributed by atoms with van der Waals surface area (Å²) in [4.78, 5) is 3.19. The summed E-state index contributed by atoms with van der Waals surface area (Å²) in [7, 11) is 0. The fourth-order valence-corrected chi connectivity index (χ4v) is 2.36. The number of aromatic amines is 1. The summed E-state index contributed by atoms with van der Waals surface area (Å²) in [5.74, 6) is 0.772. The molecule has 0 aliphatic heterocycles. The van der Waals surface area contributed by atoms with Gasteiger partial charge in [0.05, 0.1) is 18.4 Å². The van der Waals surface area contributed by atoms with E-state index < -0.39 is 0 Å². The third-order valence-corrected chi connectivity index (χ3v) is 3.26. The fourth-order valence-electron chi connectivity index (χ4n) is 2.11. The molecular weight excluding hydrogens is 250 g/mol. The number of imidazole rings is 1. The van der Waals surface area contributed by atoms with E-state index in [1.165, 1.54) is 0 Å². The molecule has 0 radical (unpaired) electrons. The molecule has 0 aliphatic rings. The molecule has 0 aliphatic carbocycles. The van der Waals surface area contributed by atoms with Crippen molar-refractivity contribution in [3.05, 3.63) is 28.5 Å². The van der Waals surface area contributed by atoms with Crippen LogP contribution in [0.4, 0.5) is 0 Å². The van der Waals surface area contributed by atoms with Gasteiger partial charge in [-0.05, 0) is 26.1 Å². The SMILES string of the molecule is CCn1nc(C)c2[nH]c(=S)n(Cc3ccno3)c21. The van der Waals surface area contributed by atoms with Crippen molar-refractivity contribution in [2.24, 2.45) is 0 Å². The molecule has 0 amide bonds. The number of rotatable bonds is 3. The van der Waals surface area contributed by atoms with E-state index in [4.69, 9.17) is 16.7 Å². The smallest absolute Gasteiger partial charge is 0.179 e. The van der Waals surface area contributed by atoms with Crippen molar-refractivity contribution >= 4 is 23.4 Å². The molecule has 0 bridgehead atoms. The molecule has 3 heterocycles. The van der Waals surface area contributed by atoms with E-state index in [0.29, 0.717) is 11.3 Å². The van der Waals surface area contributed by atoms with Gasteiger partial charge in [-0.2, -0.15) is 5.10 Å². The van der Waals surface area contributed by atoms with Crippen LogP contribution in [0.25, 0.3) is 11.2 Å². The average molecular weight is 263 g/mol. The maximum Gasteiger partial charge on any atom is 0.179 e. The zero-order valence-corrected chi connectivity index (χ0v) is 11.0. The van der Waals surface area contributed by atoms with E-state index >= 15 is 0 Å². The summed E-state index contributed by atoms with van der Waals surface area (Å²) in [5.41, 5.74) is 2.94. The zero-order chi connectivity index (χ0) is 12.7. The number of fused-ring (bicyclic) bond motifs is 1. The molecule has 94 valence electrons. The van der Waals surface area contributed by atoms with Crippen molar-refractivity contribution < 1.29 is 4.52 Å². The van der Waals surface area contributed by atoms with Crippen LogP contribution in [-0.4, -0.2) is 24.5 Å². The zero-order valence-electron chi connectivity index (χ0n) is 10.2. The molecule has 0 atom stereocenters. The average Bonchev–Trinajstić information content (AvgIpc) is 3.02. The largest absolute Gasteiger partial charge is 0.359 e. The molecule has 7 heteroatoms. The van der Waals surface area contributed by atoms with Gasteiger partial charge in [0.15, 0.2) is 16.2 Å². The number of H-pyrrole nitrogens is 1. The van der Waals surface area contributed by atoms with Crippen molar-refractivity contribution in [3.8, 4) is 0 Å². The van der Waals surface area contributed by atoms with E-state index in [1.807, 2.05) is 22.2 Å². The van der Waals surface area contributed by atoms with Crippen LogP contribution in [-0.2, 0) is 13.1 Å². The van der Waals surface area contributed by atoms with Gasteiger partial charge in [-0.3, -0.25) is 4.57 Å². The molecule has 0 fully saturated rings. The first-order valence-electron chi connectivity index (χ1n) is 5.76. The van der Waals surface area contributed by atoms with E-state index in [0.717, 1.165) is 29.2 Å². The van der Waals surface area contributed by atoms with Crippen molar-refractivity contribution in [1.29, 1.82) is 0 Å². The second kappa shape index (κ2) is 4.09. The molecule has 0 saturated heterocycles. The Morgan fingerprint density at radius 2 is 2.33 bits per heavy atom. The van der Waals surface area contributed by atoms with Crippen LogP contribution in [0.5, 0.6) is 0 Å². The number of aryl methyl sites for hydroxylation is 2. The lowest BCUT2D eigenvalue weighted by Crippen LogP contribution is -2.05. The molecular formula is C11H13N5OS. The first-order valence-corrected chi connectivity index (χ1v) is 6.17. The van der Waals surface area contributed by atoms with Crippen molar-refractivity contribution in [1.82, 2.24) is 24.5 Å². The lowest BCUT2D eigenvalue weighted by Gasteiger charge is -2.03. The summed E-state index contributed by atoms with van der Waals surface area (Å²) in [6.07, 6.45) is 1.63. The Labute approximate surface area is 108 Å². The molecule has 6 nitrogen and oxygen atoms in total. The number of nitrogens with zero attached hydrogens (tertiary/aromatic N) is 4. The maximum absolute atomic E-state index is 5.35. The van der Waals surface area contributed by atoms with Crippen LogP contribution < -0.4 is 0 Å². The first kappa shape index (κ1) is 11.2. The highest BCUT2D eigenvalue weighted by atomic mass is 32.1. The van der Waals surface area contributed by atoms with E-state index in [2.05, 4.69) is 22.2 Å². The molecule has 0 unspecified atom stereocenters. The summed E-state index contributed by atoms with van der Waals surface area (Å²) in [6.45, 7) is 5.39. The van der Waals surface area contributed by atoms with Crippen LogP contribution in [0.2, 0.25) is 0 Å². The molecule has 3 aromatic heterocycles. The van der Waals surface area contributed by atoms with Gasteiger partial charge in [0.25, 0.3) is 0 Å². The second-order valence-electron chi connectivity index (χ2n) is 4.09. The minimum atomic E-state index is 0.559. The van der Waals surface area contributed by atoms with Gasteiger partial charge in [0.1, 0.15) is 5.52 Å². The maximum atomic E-state index is 5.35. The third kappa shape index (κ3) is 1.59. The molecule has 0 aromatic carbocycles. The van der Waals surface area contributed by atoms with Gasteiger partial charge >= 0.3 is 0 Å². The fraction of sp³-hybridized carbons (Fsp3) is 0.364. The van der Waals surface area contributed by atoms with E-state index in [-0.39, 0.29) is 0 Å². The number of hydrogen-bond donors (Lipinski definition) is 1. The van der Waals surface area contributed by atoms with E-state index in [9.17, 15) is 0 Å². The third-order valence-electron chi connectivity index (χ3n) is 2.94. The molecule has 3 rings (SSSR count). The summed E-state index contributed by atoms with van der Waals surface area (Å²) in [5, 5.41) is 8.18. The van der Waals surface area contributed by atoms with Gasteiger partial charge in [0, 0.05) is 12.6 Å². The highest BCUT2D eigenvalue weighted by Gasteiger charge is 2.14. The Morgan fingerprint density at radius 1 is 1.50 bits per heavy atom. The van der Waals surface area contributed by atoms with Crippen LogP contribution in [0, 0.1) is 11.7 Å². The molecule has 1 N–H and O–H groups in total. The first-order chi connectivity index (χ1) is 8.70. The van der Waals surface area contributed by atoms with E-state index in [1.54, 1.807) is 6.20 Å². The second-order valence-corrected chi connectivity index (χ2v) is 4.48. The van der Waals surface area contributed by atoms with Gasteiger partial charge in [-0.25, -0.2) is 4.68 Å². The quantitative estimate of drug-likeness (QED) is 0.736. The van der Waals surface area contributed by atoms with Gasteiger partial charge in [-0.15, -0.1) is 0 Å². The number of hydrogen-bond acceptors (Lipinski definition) is 4. The van der Waals surface area contributed by atoms with Gasteiger partial charge < -0.3 is 9.51 Å². The summed E-state index contributed by atoms with van der Waals surface area (Å²) < 4.78 is 9.72. The number of nitrogens with one attached hydrogen (secondary N) is 1. The molecule has 3 aromatic rings. The minimum Gasteiger partial charge on any atom is -0.359 e. The lowest BCUT2D eigenvalue weighted by molar-refractivity contribution is 0.376. The number of aromatic nitrogens is 5. The molecule has 18 heavy (non-hydrogen) atoms. The highest BCUT2D eigenvalue weighted by Crippen LogP contribution is 2.19. The Bertz CT molecular complexity index is 733. The lowest BCUT2D eigenvalue weighted by atomic mass is 10.4. The van der Waals surface area contributed by atoms with Crippen LogP contribution >= 0.6 is 12.2 Å². The standard InChI is InChI=1S/C11H13N5OS/c1-3-16-10-9(7(2)14-16)13-11(18)15(10)6-8-4-5-12-17-8/h4-5H,3,6H2,1-2H3,(H,13,18). The van der Waals surface area contributed by atoms with Gasteiger partial charge in [0.2, 0.25) is 0 Å². The summed E-state index contributed by atoms with van der Waals surface area (Å²) in [6, 6.07) is 1.83. The Balaban J connectivity index is 2.21. The molecule has 0 saturated carbocycles.